The van der Waals surface area contributed by atoms with Gasteiger partial charge in [-0.15, -0.1) is 0 Å². The molecule has 1 N–H and O–H groups in total. The highest BCUT2D eigenvalue weighted by molar-refractivity contribution is 6.42. The van der Waals surface area contributed by atoms with Gasteiger partial charge in [-0.1, -0.05) is 41.4 Å². The number of allylic oxidation sites excluding steroid dienone is 1. The molecule has 0 amide bonds. The van der Waals surface area contributed by atoms with Crippen molar-refractivity contribution in [2.45, 2.75) is 18.3 Å². The summed E-state index contributed by atoms with van der Waals surface area (Å²) in [6.45, 7) is -0.613. The molecule has 0 saturated carbocycles. The van der Waals surface area contributed by atoms with Gasteiger partial charge in [0.05, 0.1) is 22.2 Å². The SMILES string of the molecule is O=C(CNc1ncccn1)c1ccc(/C(F)=C/C(c2ccc(Cl)c(Cl)c2)C(F)(F)F)cc1C(F)(F)F. The number of hydrogen-bond acceptors (Lipinski definition) is 4. The molecule has 0 fully saturated rings. The summed E-state index contributed by atoms with van der Waals surface area (Å²) in [7, 11) is 0. The second kappa shape index (κ2) is 10.8. The van der Waals surface area contributed by atoms with Crippen LogP contribution in [0.5, 0.6) is 0 Å². The molecule has 0 spiro atoms. The summed E-state index contributed by atoms with van der Waals surface area (Å²) < 4.78 is 96.8. The van der Waals surface area contributed by atoms with Gasteiger partial charge >= 0.3 is 12.4 Å². The van der Waals surface area contributed by atoms with Crippen molar-refractivity contribution in [1.82, 2.24) is 9.97 Å². The zero-order chi connectivity index (χ0) is 26.7. The summed E-state index contributed by atoms with van der Waals surface area (Å²) in [4.78, 5) is 20.0. The van der Waals surface area contributed by atoms with Crippen LogP contribution in [0.4, 0.5) is 36.7 Å². The van der Waals surface area contributed by atoms with Crippen molar-refractivity contribution in [2.75, 3.05) is 11.9 Å². The van der Waals surface area contributed by atoms with E-state index >= 15 is 0 Å². The Balaban J connectivity index is 1.96. The second-order valence-corrected chi connectivity index (χ2v) is 8.13. The number of alkyl halides is 6. The maximum atomic E-state index is 14.9. The average molecular weight is 552 g/mol. The van der Waals surface area contributed by atoms with Crippen LogP contribution in [-0.4, -0.2) is 28.5 Å². The van der Waals surface area contributed by atoms with Crippen molar-refractivity contribution in [3.63, 3.8) is 0 Å². The Morgan fingerprint density at radius 1 is 0.972 bits per heavy atom. The molecule has 0 bridgehead atoms. The van der Waals surface area contributed by atoms with Gasteiger partial charge in [0.2, 0.25) is 5.95 Å². The van der Waals surface area contributed by atoms with E-state index in [0.717, 1.165) is 24.3 Å². The van der Waals surface area contributed by atoms with Crippen molar-refractivity contribution in [2.24, 2.45) is 0 Å². The molecule has 0 aliphatic rings. The fourth-order valence-corrected chi connectivity index (χ4v) is 3.45. The first-order valence-corrected chi connectivity index (χ1v) is 10.7. The Labute approximate surface area is 209 Å². The second-order valence-electron chi connectivity index (χ2n) is 7.31. The fourth-order valence-electron chi connectivity index (χ4n) is 3.14. The summed E-state index contributed by atoms with van der Waals surface area (Å²) in [5, 5.41) is 2.21. The minimum atomic E-state index is -5.10. The van der Waals surface area contributed by atoms with Gasteiger partial charge in [0, 0.05) is 23.5 Å². The number of Topliss-reactive ketones (excluding diaryl/α,β-unsaturated/α-hetero) is 1. The molecule has 4 nitrogen and oxygen atoms in total. The molecular formula is C23H14Cl2F7N3O. The predicted octanol–water partition coefficient (Wildman–Crippen LogP) is 7.75. The van der Waals surface area contributed by atoms with E-state index in [9.17, 15) is 35.5 Å². The Hall–Kier alpha value is -3.18. The number of carbonyl (C=O) groups excluding carboxylic acids is 1. The predicted molar refractivity (Wildman–Crippen MR) is 121 cm³/mol. The van der Waals surface area contributed by atoms with E-state index in [-0.39, 0.29) is 28.1 Å². The highest BCUT2D eigenvalue weighted by atomic mass is 35.5. The lowest BCUT2D eigenvalue weighted by Gasteiger charge is -2.19. The minimum absolute atomic E-state index is 0.00879. The Morgan fingerprint density at radius 2 is 1.64 bits per heavy atom. The van der Waals surface area contributed by atoms with E-state index in [0.29, 0.717) is 6.07 Å². The molecule has 190 valence electrons. The van der Waals surface area contributed by atoms with E-state index in [4.69, 9.17) is 23.2 Å². The van der Waals surface area contributed by atoms with Crippen LogP contribution in [0.3, 0.4) is 0 Å². The van der Waals surface area contributed by atoms with Crippen molar-refractivity contribution >= 4 is 40.8 Å². The summed E-state index contributed by atoms with van der Waals surface area (Å²) in [6, 6.07) is 6.20. The number of benzene rings is 2. The standard InChI is InChI=1S/C23H14Cl2F7N3O/c24-17-5-3-12(9-18(17)25)15(22(27,28)29)10-19(26)13-2-4-14(16(8-13)23(30,31)32)20(36)11-35-21-33-6-1-7-34-21/h1-10,15H,11H2,(H,33,34,35)/b19-10-. The van der Waals surface area contributed by atoms with Gasteiger partial charge < -0.3 is 5.32 Å². The molecule has 36 heavy (non-hydrogen) atoms. The van der Waals surface area contributed by atoms with Crippen LogP contribution in [0, 0.1) is 0 Å². The van der Waals surface area contributed by atoms with Crippen molar-refractivity contribution in [3.8, 4) is 0 Å². The number of hydrogen-bond donors (Lipinski definition) is 1. The van der Waals surface area contributed by atoms with Gasteiger partial charge in [-0.3, -0.25) is 4.79 Å². The first-order chi connectivity index (χ1) is 16.8. The molecule has 2 aromatic carbocycles. The zero-order valence-corrected chi connectivity index (χ0v) is 19.3. The number of rotatable bonds is 7. The van der Waals surface area contributed by atoms with Gasteiger partial charge in [0.15, 0.2) is 5.78 Å². The number of aromatic nitrogens is 2. The van der Waals surface area contributed by atoms with E-state index in [2.05, 4.69) is 15.3 Å². The lowest BCUT2D eigenvalue weighted by molar-refractivity contribution is -0.140. The van der Waals surface area contributed by atoms with Crippen molar-refractivity contribution in [1.29, 1.82) is 0 Å². The lowest BCUT2D eigenvalue weighted by Crippen LogP contribution is -2.20. The smallest absolute Gasteiger partial charge is 0.347 e. The van der Waals surface area contributed by atoms with Gasteiger partial charge in [-0.25, -0.2) is 14.4 Å². The van der Waals surface area contributed by atoms with Gasteiger partial charge in [-0.05, 0) is 35.9 Å². The molecule has 0 aliphatic carbocycles. The molecule has 1 atom stereocenters. The van der Waals surface area contributed by atoms with Crippen molar-refractivity contribution in [3.05, 3.63) is 93.2 Å². The molecule has 3 aromatic rings. The number of carbonyl (C=O) groups is 1. The lowest BCUT2D eigenvalue weighted by atomic mass is 9.95. The quantitative estimate of drug-likeness (QED) is 0.241. The third kappa shape index (κ3) is 6.73. The molecule has 13 heteroatoms. The highest BCUT2D eigenvalue weighted by Crippen LogP contribution is 2.41. The summed E-state index contributed by atoms with van der Waals surface area (Å²) >= 11 is 11.5. The van der Waals surface area contributed by atoms with Gasteiger partial charge in [0.25, 0.3) is 0 Å². The molecule has 0 aliphatic heterocycles. The van der Waals surface area contributed by atoms with E-state index < -0.39 is 58.7 Å². The normalized spacial score (nSPS) is 13.4. The van der Waals surface area contributed by atoms with Crippen LogP contribution in [-0.2, 0) is 6.18 Å². The van der Waals surface area contributed by atoms with Gasteiger partial charge in [0.1, 0.15) is 11.7 Å². The third-order valence-corrected chi connectivity index (χ3v) is 5.58. The fraction of sp³-hybridized carbons (Fsp3) is 0.174. The first kappa shape index (κ1) is 27.4. The Bertz CT molecular complexity index is 1280. The van der Waals surface area contributed by atoms with E-state index in [1.54, 1.807) is 0 Å². The largest absolute Gasteiger partial charge is 0.417 e. The summed E-state index contributed by atoms with van der Waals surface area (Å²) in [5.41, 5.74) is -3.58. The number of anilines is 1. The van der Waals surface area contributed by atoms with Crippen LogP contribution in [0.15, 0.2) is 60.9 Å². The van der Waals surface area contributed by atoms with Crippen molar-refractivity contribution < 1.29 is 35.5 Å². The minimum Gasteiger partial charge on any atom is -0.347 e. The maximum Gasteiger partial charge on any atom is 0.417 e. The average Bonchev–Trinajstić information content (AvgIpc) is 2.81. The third-order valence-electron chi connectivity index (χ3n) is 4.84. The van der Waals surface area contributed by atoms with E-state index in [1.807, 2.05) is 0 Å². The van der Waals surface area contributed by atoms with E-state index in [1.165, 1.54) is 18.5 Å². The number of nitrogens with zero attached hydrogens (tertiary/aromatic N) is 2. The molecule has 3 rings (SSSR count). The number of nitrogens with one attached hydrogen (secondary N) is 1. The molecule has 1 heterocycles. The Morgan fingerprint density at radius 3 is 2.22 bits per heavy atom. The highest BCUT2D eigenvalue weighted by Gasteiger charge is 2.40. The maximum absolute atomic E-state index is 14.9. The molecule has 0 saturated heterocycles. The molecule has 1 unspecified atom stereocenters. The van der Waals surface area contributed by atoms with Gasteiger partial charge in [-0.2, -0.15) is 26.3 Å². The molecular weight excluding hydrogens is 538 g/mol. The molecule has 1 aromatic heterocycles. The van der Waals surface area contributed by atoms with Crippen LogP contribution in [0.2, 0.25) is 10.0 Å². The van der Waals surface area contributed by atoms with Crippen LogP contribution in [0.25, 0.3) is 5.83 Å². The van der Waals surface area contributed by atoms with Crippen LogP contribution < -0.4 is 5.32 Å². The molecule has 0 radical (unpaired) electrons. The first-order valence-electron chi connectivity index (χ1n) is 9.92. The number of ketones is 1. The topological polar surface area (TPSA) is 54.9 Å². The summed E-state index contributed by atoms with van der Waals surface area (Å²) in [5.74, 6) is -5.14. The number of halogens is 9. The monoisotopic (exact) mass is 551 g/mol. The van der Waals surface area contributed by atoms with Crippen LogP contribution in [0.1, 0.15) is 33.0 Å². The summed E-state index contributed by atoms with van der Waals surface area (Å²) in [6.07, 6.45) is -7.28. The Kier molecular flexibility index (Phi) is 8.25. The van der Waals surface area contributed by atoms with Crippen LogP contribution >= 0.6 is 23.2 Å². The zero-order valence-electron chi connectivity index (χ0n) is 17.8.